The minimum atomic E-state index is -0.230. The fraction of sp³-hybridized carbons (Fsp3) is 0.826. The number of carbonyl (C=O) groups is 2. The SMILES string of the molecule is CC(C)OCCC(CCOC(C)C)(CCOC(C)(C)C)CCN1C(=O)C=CC1=O. The summed E-state index contributed by atoms with van der Waals surface area (Å²) in [4.78, 5) is 25.3. The number of carbonyl (C=O) groups excluding carboxylic acids is 2. The van der Waals surface area contributed by atoms with Crippen molar-refractivity contribution in [1.29, 1.82) is 0 Å². The van der Waals surface area contributed by atoms with Crippen LogP contribution in [0, 0.1) is 5.41 Å². The third-order valence-electron chi connectivity index (χ3n) is 5.10. The lowest BCUT2D eigenvalue weighted by atomic mass is 9.75. The molecule has 0 N–H and O–H groups in total. The van der Waals surface area contributed by atoms with Gasteiger partial charge in [-0.05, 0) is 79.6 Å². The highest BCUT2D eigenvalue weighted by Crippen LogP contribution is 2.36. The van der Waals surface area contributed by atoms with Crippen molar-refractivity contribution in [2.75, 3.05) is 26.4 Å². The van der Waals surface area contributed by atoms with Gasteiger partial charge in [-0.25, -0.2) is 0 Å². The normalized spacial score (nSPS) is 15.4. The van der Waals surface area contributed by atoms with Gasteiger partial charge >= 0.3 is 0 Å². The Morgan fingerprint density at radius 2 is 1.24 bits per heavy atom. The predicted molar refractivity (Wildman–Crippen MR) is 115 cm³/mol. The minimum Gasteiger partial charge on any atom is -0.379 e. The maximum Gasteiger partial charge on any atom is 0.253 e. The Morgan fingerprint density at radius 1 is 0.793 bits per heavy atom. The van der Waals surface area contributed by atoms with E-state index < -0.39 is 0 Å². The lowest BCUT2D eigenvalue weighted by Gasteiger charge is -2.36. The molecule has 0 aromatic heterocycles. The van der Waals surface area contributed by atoms with Gasteiger partial charge in [-0.2, -0.15) is 0 Å². The molecular formula is C23H41NO5. The van der Waals surface area contributed by atoms with Crippen molar-refractivity contribution in [3.63, 3.8) is 0 Å². The Hall–Kier alpha value is -1.24. The van der Waals surface area contributed by atoms with Gasteiger partial charge in [0.05, 0.1) is 17.8 Å². The smallest absolute Gasteiger partial charge is 0.253 e. The Morgan fingerprint density at radius 3 is 1.66 bits per heavy atom. The van der Waals surface area contributed by atoms with Crippen LogP contribution in [0.15, 0.2) is 12.2 Å². The van der Waals surface area contributed by atoms with Gasteiger partial charge in [0.15, 0.2) is 0 Å². The number of nitrogens with zero attached hydrogens (tertiary/aromatic N) is 1. The van der Waals surface area contributed by atoms with E-state index >= 15 is 0 Å². The first-order valence-electron chi connectivity index (χ1n) is 10.8. The van der Waals surface area contributed by atoms with E-state index in [4.69, 9.17) is 14.2 Å². The summed E-state index contributed by atoms with van der Waals surface area (Å²) in [6.07, 6.45) is 6.23. The number of hydrogen-bond donors (Lipinski definition) is 0. The summed E-state index contributed by atoms with van der Waals surface area (Å²) in [5, 5.41) is 0. The van der Waals surface area contributed by atoms with Gasteiger partial charge in [0.2, 0.25) is 0 Å². The van der Waals surface area contributed by atoms with E-state index in [1.165, 1.54) is 17.1 Å². The van der Waals surface area contributed by atoms with Gasteiger partial charge in [-0.3, -0.25) is 14.5 Å². The molecular weight excluding hydrogens is 370 g/mol. The lowest BCUT2D eigenvalue weighted by molar-refractivity contribution is -0.137. The Bertz CT molecular complexity index is 516. The average Bonchev–Trinajstić information content (AvgIpc) is 2.89. The van der Waals surface area contributed by atoms with Crippen molar-refractivity contribution < 1.29 is 23.8 Å². The number of imide groups is 1. The minimum absolute atomic E-state index is 0.127. The maximum absolute atomic E-state index is 12.0. The lowest BCUT2D eigenvalue weighted by Crippen LogP contribution is -2.37. The van der Waals surface area contributed by atoms with Gasteiger partial charge in [0.25, 0.3) is 11.8 Å². The molecule has 6 heteroatoms. The van der Waals surface area contributed by atoms with Crippen LogP contribution in [0.1, 0.15) is 74.1 Å². The van der Waals surface area contributed by atoms with Gasteiger partial charge in [0.1, 0.15) is 0 Å². The van der Waals surface area contributed by atoms with Crippen LogP contribution in [0.25, 0.3) is 0 Å². The largest absolute Gasteiger partial charge is 0.379 e. The summed E-state index contributed by atoms with van der Waals surface area (Å²) in [6, 6.07) is 0. The summed E-state index contributed by atoms with van der Waals surface area (Å²) < 4.78 is 17.7. The number of ether oxygens (including phenoxy) is 3. The van der Waals surface area contributed by atoms with E-state index in [1.54, 1.807) is 0 Å². The maximum atomic E-state index is 12.0. The summed E-state index contributed by atoms with van der Waals surface area (Å²) in [5.41, 5.74) is -0.336. The first-order valence-corrected chi connectivity index (χ1v) is 10.8. The Balaban J connectivity index is 2.88. The standard InChI is InChI=1S/C23H41NO5/c1-18(2)27-15-11-23(12-16-28-19(3)4,13-17-29-22(5,6)7)10-14-24-20(25)8-9-21(24)26/h8-9,18-19H,10-17H2,1-7H3. The summed E-state index contributed by atoms with van der Waals surface area (Å²) in [6.45, 7) is 16.5. The van der Waals surface area contributed by atoms with Crippen molar-refractivity contribution in [2.45, 2.75) is 92.0 Å². The van der Waals surface area contributed by atoms with Gasteiger partial charge in [-0.1, -0.05) is 0 Å². The highest BCUT2D eigenvalue weighted by molar-refractivity contribution is 6.12. The van der Waals surface area contributed by atoms with E-state index in [2.05, 4.69) is 0 Å². The number of hydrogen-bond acceptors (Lipinski definition) is 5. The zero-order valence-electron chi connectivity index (χ0n) is 19.5. The fourth-order valence-corrected chi connectivity index (χ4v) is 3.35. The third kappa shape index (κ3) is 10.4. The Labute approximate surface area is 176 Å². The number of amides is 2. The summed E-state index contributed by atoms with van der Waals surface area (Å²) in [5.74, 6) is -0.460. The Kier molecular flexibility index (Phi) is 10.5. The molecule has 6 nitrogen and oxygen atoms in total. The van der Waals surface area contributed by atoms with Crippen molar-refractivity contribution in [3.8, 4) is 0 Å². The number of rotatable bonds is 14. The van der Waals surface area contributed by atoms with Crippen molar-refractivity contribution in [3.05, 3.63) is 12.2 Å². The molecule has 0 saturated heterocycles. The van der Waals surface area contributed by atoms with E-state index in [1.807, 2.05) is 48.5 Å². The summed E-state index contributed by atoms with van der Waals surface area (Å²) in [7, 11) is 0. The molecule has 0 fully saturated rings. The highest BCUT2D eigenvalue weighted by Gasteiger charge is 2.33. The predicted octanol–water partition coefficient (Wildman–Crippen LogP) is 4.12. The van der Waals surface area contributed by atoms with Crippen LogP contribution in [-0.2, 0) is 23.8 Å². The van der Waals surface area contributed by atoms with Crippen molar-refractivity contribution >= 4 is 11.8 Å². The van der Waals surface area contributed by atoms with Crippen LogP contribution in [-0.4, -0.2) is 60.9 Å². The molecule has 1 rings (SSSR count). The third-order valence-corrected chi connectivity index (χ3v) is 5.10. The van der Waals surface area contributed by atoms with Crippen molar-refractivity contribution in [1.82, 2.24) is 4.90 Å². The first-order chi connectivity index (χ1) is 13.4. The molecule has 168 valence electrons. The van der Waals surface area contributed by atoms with Crippen LogP contribution >= 0.6 is 0 Å². The van der Waals surface area contributed by atoms with E-state index in [9.17, 15) is 9.59 Å². The molecule has 0 bridgehead atoms. The monoisotopic (exact) mass is 411 g/mol. The molecule has 0 aliphatic carbocycles. The summed E-state index contributed by atoms with van der Waals surface area (Å²) >= 11 is 0. The molecule has 0 radical (unpaired) electrons. The molecule has 1 aliphatic heterocycles. The topological polar surface area (TPSA) is 65.1 Å². The van der Waals surface area contributed by atoms with E-state index in [0.29, 0.717) is 32.8 Å². The van der Waals surface area contributed by atoms with E-state index in [-0.39, 0.29) is 35.0 Å². The average molecular weight is 412 g/mol. The molecule has 0 atom stereocenters. The van der Waals surface area contributed by atoms with Crippen LogP contribution in [0.2, 0.25) is 0 Å². The second-order valence-corrected chi connectivity index (χ2v) is 9.46. The second-order valence-electron chi connectivity index (χ2n) is 9.46. The quantitative estimate of drug-likeness (QED) is 0.402. The molecule has 1 aliphatic rings. The molecule has 0 spiro atoms. The zero-order chi connectivity index (χ0) is 22.1. The molecule has 0 aromatic carbocycles. The van der Waals surface area contributed by atoms with Crippen LogP contribution in [0.3, 0.4) is 0 Å². The molecule has 2 amide bonds. The fourth-order valence-electron chi connectivity index (χ4n) is 3.35. The zero-order valence-corrected chi connectivity index (χ0v) is 19.5. The van der Waals surface area contributed by atoms with Crippen molar-refractivity contribution in [2.24, 2.45) is 5.41 Å². The molecule has 0 saturated carbocycles. The van der Waals surface area contributed by atoms with Gasteiger partial charge < -0.3 is 14.2 Å². The second kappa shape index (κ2) is 11.8. The van der Waals surface area contributed by atoms with E-state index in [0.717, 1.165) is 19.3 Å². The van der Waals surface area contributed by atoms with Gasteiger partial charge in [0, 0.05) is 38.5 Å². The van der Waals surface area contributed by atoms with Crippen LogP contribution < -0.4 is 0 Å². The highest BCUT2D eigenvalue weighted by atomic mass is 16.5. The molecule has 1 heterocycles. The van der Waals surface area contributed by atoms with Gasteiger partial charge in [-0.15, -0.1) is 0 Å². The molecule has 0 aromatic rings. The van der Waals surface area contributed by atoms with Crippen LogP contribution in [0.4, 0.5) is 0 Å². The molecule has 0 unspecified atom stereocenters. The van der Waals surface area contributed by atoms with Crippen LogP contribution in [0.5, 0.6) is 0 Å². The first kappa shape index (κ1) is 25.8. The molecule has 29 heavy (non-hydrogen) atoms.